The molecular formula is C23H20N4O2. The fourth-order valence-corrected chi connectivity index (χ4v) is 3.18. The number of pyridine rings is 3. The molecule has 1 aromatic carbocycles. The minimum atomic E-state index is -0.289. The normalized spacial score (nSPS) is 10.8. The molecule has 0 radical (unpaired) electrons. The lowest BCUT2D eigenvalue weighted by Gasteiger charge is -2.11. The van der Waals surface area contributed by atoms with Gasteiger partial charge in [0.2, 0.25) is 0 Å². The highest BCUT2D eigenvalue weighted by molar-refractivity contribution is 6.06. The van der Waals surface area contributed by atoms with Crippen molar-refractivity contribution in [1.29, 1.82) is 0 Å². The van der Waals surface area contributed by atoms with E-state index in [-0.39, 0.29) is 11.5 Å². The van der Waals surface area contributed by atoms with Gasteiger partial charge in [0, 0.05) is 24.3 Å². The maximum atomic E-state index is 13.0. The van der Waals surface area contributed by atoms with Crippen LogP contribution < -0.4 is 10.9 Å². The van der Waals surface area contributed by atoms with Gasteiger partial charge in [-0.2, -0.15) is 0 Å². The van der Waals surface area contributed by atoms with Crippen molar-refractivity contribution >= 4 is 22.5 Å². The fraction of sp³-hybridized carbons (Fsp3) is 0.130. The highest BCUT2D eigenvalue weighted by Gasteiger charge is 2.14. The number of amides is 1. The zero-order chi connectivity index (χ0) is 20.4. The Hall–Kier alpha value is -3.80. The summed E-state index contributed by atoms with van der Waals surface area (Å²) >= 11 is 0. The molecule has 6 nitrogen and oxygen atoms in total. The number of carbonyl (C=O) groups is 1. The van der Waals surface area contributed by atoms with Crippen LogP contribution in [0.25, 0.3) is 10.9 Å². The number of rotatable bonds is 4. The summed E-state index contributed by atoms with van der Waals surface area (Å²) in [6.07, 6.45) is 5.14. The molecule has 0 bridgehead atoms. The monoisotopic (exact) mass is 384 g/mol. The molecule has 0 spiro atoms. The smallest absolute Gasteiger partial charge is 0.260 e. The summed E-state index contributed by atoms with van der Waals surface area (Å²) in [5.41, 5.74) is 4.07. The van der Waals surface area contributed by atoms with E-state index in [0.29, 0.717) is 34.4 Å². The van der Waals surface area contributed by atoms with Gasteiger partial charge in [0.25, 0.3) is 11.5 Å². The van der Waals surface area contributed by atoms with Crippen LogP contribution in [0.15, 0.2) is 71.9 Å². The topological polar surface area (TPSA) is 76.9 Å². The number of nitrogens with zero attached hydrogens (tertiary/aromatic N) is 3. The van der Waals surface area contributed by atoms with Gasteiger partial charge in [-0.05, 0) is 49.7 Å². The number of hydrogen-bond donors (Lipinski definition) is 1. The van der Waals surface area contributed by atoms with E-state index in [1.807, 2.05) is 43.3 Å². The number of anilines is 1. The van der Waals surface area contributed by atoms with Crippen LogP contribution in [-0.4, -0.2) is 20.4 Å². The van der Waals surface area contributed by atoms with E-state index in [1.54, 1.807) is 42.2 Å². The maximum Gasteiger partial charge on any atom is 0.260 e. The van der Waals surface area contributed by atoms with Gasteiger partial charge in [0.05, 0.1) is 28.7 Å². The number of aromatic nitrogens is 3. The number of hydrogen-bond acceptors (Lipinski definition) is 4. The summed E-state index contributed by atoms with van der Waals surface area (Å²) in [6, 6.07) is 14.7. The molecule has 6 heteroatoms. The molecule has 0 aliphatic heterocycles. The number of aryl methyl sites for hydroxylation is 2. The number of nitrogens with one attached hydrogen (secondary N) is 1. The largest absolute Gasteiger partial charge is 0.322 e. The first-order valence-corrected chi connectivity index (χ1v) is 9.29. The van der Waals surface area contributed by atoms with Gasteiger partial charge >= 0.3 is 0 Å². The van der Waals surface area contributed by atoms with Crippen LogP contribution in [0.5, 0.6) is 0 Å². The quantitative estimate of drug-likeness (QED) is 0.582. The van der Waals surface area contributed by atoms with E-state index in [9.17, 15) is 9.59 Å². The van der Waals surface area contributed by atoms with E-state index in [4.69, 9.17) is 0 Å². The fourth-order valence-electron chi connectivity index (χ4n) is 3.18. The standard InChI is InChI=1S/C23H20N4O2/c1-15-5-7-18(8-6-15)26-22(28)19-12-20-21(25-16(19)2)9-11-27(23(20)29)14-17-4-3-10-24-13-17/h3-13H,14H2,1-2H3,(H,26,28). The van der Waals surface area contributed by atoms with Crippen molar-refractivity contribution in [2.45, 2.75) is 20.4 Å². The van der Waals surface area contributed by atoms with Crippen LogP contribution in [-0.2, 0) is 6.54 Å². The molecule has 0 saturated heterocycles. The average molecular weight is 384 g/mol. The van der Waals surface area contributed by atoms with Gasteiger partial charge in [0.15, 0.2) is 0 Å². The summed E-state index contributed by atoms with van der Waals surface area (Å²) < 4.78 is 1.60. The summed E-state index contributed by atoms with van der Waals surface area (Å²) in [5.74, 6) is -0.289. The lowest BCUT2D eigenvalue weighted by molar-refractivity contribution is 0.102. The van der Waals surface area contributed by atoms with E-state index in [2.05, 4.69) is 15.3 Å². The van der Waals surface area contributed by atoms with Crippen molar-refractivity contribution in [3.05, 3.63) is 99.9 Å². The first-order valence-electron chi connectivity index (χ1n) is 9.29. The van der Waals surface area contributed by atoms with Crippen LogP contribution in [0.4, 0.5) is 5.69 Å². The molecule has 0 unspecified atom stereocenters. The molecule has 0 aliphatic rings. The zero-order valence-corrected chi connectivity index (χ0v) is 16.2. The Kier molecular flexibility index (Phi) is 4.91. The number of fused-ring (bicyclic) bond motifs is 1. The summed E-state index contributed by atoms with van der Waals surface area (Å²) in [4.78, 5) is 34.3. The predicted octanol–water partition coefficient (Wildman–Crippen LogP) is 3.71. The first kappa shape index (κ1) is 18.6. The van der Waals surface area contributed by atoms with Crippen molar-refractivity contribution in [2.75, 3.05) is 5.32 Å². The lowest BCUT2D eigenvalue weighted by Crippen LogP contribution is -2.22. The summed E-state index contributed by atoms with van der Waals surface area (Å²) in [6.45, 7) is 4.16. The first-order chi connectivity index (χ1) is 14.0. The Morgan fingerprint density at radius 3 is 2.62 bits per heavy atom. The Labute approximate surface area is 167 Å². The third kappa shape index (κ3) is 3.91. The Morgan fingerprint density at radius 2 is 1.90 bits per heavy atom. The molecule has 4 aromatic rings. The third-order valence-electron chi connectivity index (χ3n) is 4.78. The van der Waals surface area contributed by atoms with Gasteiger partial charge < -0.3 is 9.88 Å². The SMILES string of the molecule is Cc1ccc(NC(=O)c2cc3c(=O)n(Cc4cccnc4)ccc3nc2C)cc1. The van der Waals surface area contributed by atoms with E-state index < -0.39 is 0 Å². The van der Waals surface area contributed by atoms with Gasteiger partial charge in [-0.3, -0.25) is 19.6 Å². The van der Waals surface area contributed by atoms with Gasteiger partial charge in [-0.1, -0.05) is 23.8 Å². The third-order valence-corrected chi connectivity index (χ3v) is 4.78. The Balaban J connectivity index is 1.70. The molecule has 1 N–H and O–H groups in total. The van der Waals surface area contributed by atoms with E-state index in [0.717, 1.165) is 11.1 Å². The van der Waals surface area contributed by atoms with Gasteiger partial charge in [-0.25, -0.2) is 0 Å². The Morgan fingerprint density at radius 1 is 1.10 bits per heavy atom. The van der Waals surface area contributed by atoms with Crippen molar-refractivity contribution in [3.8, 4) is 0 Å². The van der Waals surface area contributed by atoms with Crippen molar-refractivity contribution in [3.63, 3.8) is 0 Å². The lowest BCUT2D eigenvalue weighted by atomic mass is 10.1. The highest BCUT2D eigenvalue weighted by Crippen LogP contribution is 2.16. The van der Waals surface area contributed by atoms with Crippen molar-refractivity contribution < 1.29 is 4.79 Å². The minimum absolute atomic E-state index is 0.191. The molecule has 0 fully saturated rings. The second-order valence-electron chi connectivity index (χ2n) is 6.98. The second-order valence-corrected chi connectivity index (χ2v) is 6.98. The van der Waals surface area contributed by atoms with Crippen molar-refractivity contribution in [2.24, 2.45) is 0 Å². The predicted molar refractivity (Wildman–Crippen MR) is 113 cm³/mol. The molecule has 3 heterocycles. The van der Waals surface area contributed by atoms with Crippen LogP contribution in [0.3, 0.4) is 0 Å². The minimum Gasteiger partial charge on any atom is -0.322 e. The number of carbonyl (C=O) groups excluding carboxylic acids is 1. The van der Waals surface area contributed by atoms with Crippen LogP contribution in [0.2, 0.25) is 0 Å². The second kappa shape index (κ2) is 7.67. The van der Waals surface area contributed by atoms with Crippen molar-refractivity contribution in [1.82, 2.24) is 14.5 Å². The van der Waals surface area contributed by atoms with Gasteiger partial charge in [-0.15, -0.1) is 0 Å². The molecule has 3 aromatic heterocycles. The molecule has 0 saturated carbocycles. The highest BCUT2D eigenvalue weighted by atomic mass is 16.1. The zero-order valence-electron chi connectivity index (χ0n) is 16.2. The summed E-state index contributed by atoms with van der Waals surface area (Å²) in [7, 11) is 0. The Bertz CT molecular complexity index is 1250. The molecule has 0 aliphatic carbocycles. The number of benzene rings is 1. The summed E-state index contributed by atoms with van der Waals surface area (Å²) in [5, 5.41) is 3.28. The van der Waals surface area contributed by atoms with Crippen LogP contribution >= 0.6 is 0 Å². The van der Waals surface area contributed by atoms with Crippen LogP contribution in [0, 0.1) is 13.8 Å². The molecular weight excluding hydrogens is 364 g/mol. The molecule has 0 atom stereocenters. The molecule has 144 valence electrons. The van der Waals surface area contributed by atoms with E-state index in [1.165, 1.54) is 0 Å². The molecule has 4 rings (SSSR count). The maximum absolute atomic E-state index is 13.0. The molecule has 1 amide bonds. The average Bonchev–Trinajstić information content (AvgIpc) is 2.72. The van der Waals surface area contributed by atoms with Crippen LogP contribution in [0.1, 0.15) is 27.2 Å². The molecule has 29 heavy (non-hydrogen) atoms. The van der Waals surface area contributed by atoms with E-state index >= 15 is 0 Å². The van der Waals surface area contributed by atoms with Gasteiger partial charge in [0.1, 0.15) is 0 Å².